The standard InChI is InChI=1S/C30H28N2/c1-19(2)31-27-11-7-5-9-23(27)25-17-21(13-15-29(25)31)22-14-16-30-26(18-22)24-10-6-8-12-28(24)32(30)20(3)4/h5-20H,1-4H3. The lowest BCUT2D eigenvalue weighted by Gasteiger charge is -2.12. The molecule has 0 N–H and O–H groups in total. The van der Waals surface area contributed by atoms with Gasteiger partial charge in [0.15, 0.2) is 0 Å². The summed E-state index contributed by atoms with van der Waals surface area (Å²) in [6, 6.07) is 32.3. The summed E-state index contributed by atoms with van der Waals surface area (Å²) in [7, 11) is 0. The predicted octanol–water partition coefficient (Wildman–Crippen LogP) is 8.73. The number of benzene rings is 4. The van der Waals surface area contributed by atoms with Gasteiger partial charge in [0.1, 0.15) is 0 Å². The maximum absolute atomic E-state index is 2.45. The summed E-state index contributed by atoms with van der Waals surface area (Å²) in [5.74, 6) is 0. The number of fused-ring (bicyclic) bond motifs is 6. The lowest BCUT2D eigenvalue weighted by atomic mass is 10.0. The van der Waals surface area contributed by atoms with Gasteiger partial charge in [-0.3, -0.25) is 0 Å². The summed E-state index contributed by atoms with van der Waals surface area (Å²) < 4.78 is 4.90. The summed E-state index contributed by atoms with van der Waals surface area (Å²) in [6.07, 6.45) is 0. The number of hydrogen-bond acceptors (Lipinski definition) is 0. The maximum Gasteiger partial charge on any atom is 0.0494 e. The number of nitrogens with zero attached hydrogens (tertiary/aromatic N) is 2. The largest absolute Gasteiger partial charge is 0.338 e. The van der Waals surface area contributed by atoms with Crippen molar-refractivity contribution >= 4 is 43.6 Å². The monoisotopic (exact) mass is 416 g/mol. The van der Waals surface area contributed by atoms with E-state index in [-0.39, 0.29) is 0 Å². The molecule has 0 aliphatic rings. The van der Waals surface area contributed by atoms with Crippen molar-refractivity contribution in [3.05, 3.63) is 84.9 Å². The fourth-order valence-electron chi connectivity index (χ4n) is 5.48. The second-order valence-electron chi connectivity index (χ2n) is 9.43. The van der Waals surface area contributed by atoms with E-state index in [0.29, 0.717) is 12.1 Å². The number of hydrogen-bond donors (Lipinski definition) is 0. The van der Waals surface area contributed by atoms with E-state index in [1.54, 1.807) is 0 Å². The first-order valence-corrected chi connectivity index (χ1v) is 11.6. The van der Waals surface area contributed by atoms with Crippen molar-refractivity contribution in [1.29, 1.82) is 0 Å². The molecule has 0 unspecified atom stereocenters. The van der Waals surface area contributed by atoms with Crippen LogP contribution < -0.4 is 0 Å². The Labute approximate surface area is 188 Å². The van der Waals surface area contributed by atoms with Gasteiger partial charge in [-0.05, 0) is 75.2 Å². The summed E-state index contributed by atoms with van der Waals surface area (Å²) in [4.78, 5) is 0. The van der Waals surface area contributed by atoms with E-state index in [1.807, 2.05) is 0 Å². The molecule has 4 aromatic carbocycles. The topological polar surface area (TPSA) is 9.86 Å². The molecular formula is C30H28N2. The number of rotatable bonds is 3. The van der Waals surface area contributed by atoms with Crippen molar-refractivity contribution in [3.63, 3.8) is 0 Å². The lowest BCUT2D eigenvalue weighted by Crippen LogP contribution is -1.99. The van der Waals surface area contributed by atoms with Crippen molar-refractivity contribution in [3.8, 4) is 11.1 Å². The Morgan fingerprint density at radius 1 is 0.438 bits per heavy atom. The quantitative estimate of drug-likeness (QED) is 0.273. The van der Waals surface area contributed by atoms with E-state index in [0.717, 1.165) is 0 Å². The molecule has 32 heavy (non-hydrogen) atoms. The Morgan fingerprint density at radius 2 is 0.812 bits per heavy atom. The summed E-state index contributed by atoms with van der Waals surface area (Å²) in [5, 5.41) is 5.32. The van der Waals surface area contributed by atoms with Gasteiger partial charge in [-0.1, -0.05) is 48.5 Å². The molecule has 0 spiro atoms. The summed E-state index contributed by atoms with van der Waals surface area (Å²) in [5.41, 5.74) is 7.78. The molecule has 0 aliphatic carbocycles. The summed E-state index contributed by atoms with van der Waals surface area (Å²) in [6.45, 7) is 9.05. The molecule has 0 amide bonds. The van der Waals surface area contributed by atoms with Gasteiger partial charge in [0.05, 0.1) is 0 Å². The normalized spacial score (nSPS) is 12.3. The average Bonchev–Trinajstić information content (AvgIpc) is 3.31. The van der Waals surface area contributed by atoms with Gasteiger partial charge < -0.3 is 9.13 Å². The van der Waals surface area contributed by atoms with Crippen molar-refractivity contribution in [2.45, 2.75) is 39.8 Å². The molecule has 0 saturated carbocycles. The summed E-state index contributed by atoms with van der Waals surface area (Å²) >= 11 is 0. The van der Waals surface area contributed by atoms with Crippen molar-refractivity contribution in [1.82, 2.24) is 9.13 Å². The molecule has 0 radical (unpaired) electrons. The molecule has 6 aromatic rings. The molecule has 2 heteroatoms. The van der Waals surface area contributed by atoms with Crippen LogP contribution >= 0.6 is 0 Å². The lowest BCUT2D eigenvalue weighted by molar-refractivity contribution is 0.642. The SMILES string of the molecule is CC(C)n1c2ccccc2c2cc(-c3ccc4c(c3)c3ccccc3n4C(C)C)ccc21. The van der Waals surface area contributed by atoms with Crippen molar-refractivity contribution < 1.29 is 0 Å². The minimum atomic E-state index is 0.418. The molecule has 2 nitrogen and oxygen atoms in total. The Morgan fingerprint density at radius 3 is 1.22 bits per heavy atom. The van der Waals surface area contributed by atoms with Gasteiger partial charge in [0, 0.05) is 55.7 Å². The van der Waals surface area contributed by atoms with Crippen molar-refractivity contribution in [2.24, 2.45) is 0 Å². The van der Waals surface area contributed by atoms with Crippen LogP contribution in [0.25, 0.3) is 54.7 Å². The molecule has 6 rings (SSSR count). The zero-order valence-corrected chi connectivity index (χ0v) is 19.1. The van der Waals surface area contributed by atoms with E-state index in [1.165, 1.54) is 54.7 Å². The van der Waals surface area contributed by atoms with E-state index < -0.39 is 0 Å². The van der Waals surface area contributed by atoms with Gasteiger partial charge in [-0.15, -0.1) is 0 Å². The van der Waals surface area contributed by atoms with Gasteiger partial charge >= 0.3 is 0 Å². The van der Waals surface area contributed by atoms with Crippen LogP contribution in [0.4, 0.5) is 0 Å². The number of aromatic nitrogens is 2. The number of para-hydroxylation sites is 2. The first kappa shape index (κ1) is 19.2. The molecule has 158 valence electrons. The molecule has 2 aromatic heterocycles. The third-order valence-corrected chi connectivity index (χ3v) is 6.79. The van der Waals surface area contributed by atoms with Crippen LogP contribution in [-0.4, -0.2) is 9.13 Å². The van der Waals surface area contributed by atoms with Crippen LogP contribution in [0.1, 0.15) is 39.8 Å². The van der Waals surface area contributed by atoms with E-state index in [2.05, 4.69) is 122 Å². The molecule has 0 fully saturated rings. The van der Waals surface area contributed by atoms with Gasteiger partial charge in [0.25, 0.3) is 0 Å². The first-order valence-electron chi connectivity index (χ1n) is 11.6. The van der Waals surface area contributed by atoms with Crippen LogP contribution in [0.5, 0.6) is 0 Å². The van der Waals surface area contributed by atoms with Gasteiger partial charge in [-0.25, -0.2) is 0 Å². The van der Waals surface area contributed by atoms with Crippen LogP contribution in [0, 0.1) is 0 Å². The second-order valence-corrected chi connectivity index (χ2v) is 9.43. The first-order chi connectivity index (χ1) is 15.5. The Hall–Kier alpha value is -3.52. The fourth-order valence-corrected chi connectivity index (χ4v) is 5.48. The highest BCUT2D eigenvalue weighted by molar-refractivity contribution is 6.11. The molecule has 0 atom stereocenters. The highest BCUT2D eigenvalue weighted by atomic mass is 15.0. The van der Waals surface area contributed by atoms with Gasteiger partial charge in [0.2, 0.25) is 0 Å². The second kappa shape index (κ2) is 7.00. The van der Waals surface area contributed by atoms with Crippen LogP contribution in [0.2, 0.25) is 0 Å². The third-order valence-electron chi connectivity index (χ3n) is 6.79. The Kier molecular flexibility index (Phi) is 4.19. The Balaban J connectivity index is 1.61. The van der Waals surface area contributed by atoms with Crippen LogP contribution in [0.3, 0.4) is 0 Å². The highest BCUT2D eigenvalue weighted by Gasteiger charge is 2.15. The zero-order chi connectivity index (χ0) is 22.0. The fraction of sp³-hybridized carbons (Fsp3) is 0.200. The van der Waals surface area contributed by atoms with E-state index >= 15 is 0 Å². The predicted molar refractivity (Wildman–Crippen MR) is 139 cm³/mol. The van der Waals surface area contributed by atoms with Crippen molar-refractivity contribution in [2.75, 3.05) is 0 Å². The molecule has 2 heterocycles. The minimum Gasteiger partial charge on any atom is -0.338 e. The molecule has 0 aliphatic heterocycles. The average molecular weight is 417 g/mol. The van der Waals surface area contributed by atoms with E-state index in [4.69, 9.17) is 0 Å². The minimum absolute atomic E-state index is 0.418. The van der Waals surface area contributed by atoms with Crippen LogP contribution in [-0.2, 0) is 0 Å². The Bertz CT molecular complexity index is 1500. The molecule has 0 bridgehead atoms. The third kappa shape index (κ3) is 2.65. The highest BCUT2D eigenvalue weighted by Crippen LogP contribution is 2.37. The van der Waals surface area contributed by atoms with Crippen LogP contribution in [0.15, 0.2) is 84.9 Å². The van der Waals surface area contributed by atoms with E-state index in [9.17, 15) is 0 Å². The zero-order valence-electron chi connectivity index (χ0n) is 19.1. The van der Waals surface area contributed by atoms with Gasteiger partial charge in [-0.2, -0.15) is 0 Å². The molecule has 0 saturated heterocycles. The molecular weight excluding hydrogens is 388 g/mol. The smallest absolute Gasteiger partial charge is 0.0494 e. The maximum atomic E-state index is 2.45.